The molecule has 0 atom stereocenters. The van der Waals surface area contributed by atoms with Gasteiger partial charge < -0.3 is 10.6 Å². The topological polar surface area (TPSA) is 41.1 Å². The number of carbonyl (C=O) groups is 1. The van der Waals surface area contributed by atoms with E-state index in [0.29, 0.717) is 12.1 Å². The van der Waals surface area contributed by atoms with Crippen LogP contribution in [0.4, 0.5) is 0 Å². The van der Waals surface area contributed by atoms with E-state index >= 15 is 0 Å². The number of nitrogens with one attached hydrogen (secondary N) is 2. The first-order valence-electron chi connectivity index (χ1n) is 4.66. The summed E-state index contributed by atoms with van der Waals surface area (Å²) >= 11 is 0. The van der Waals surface area contributed by atoms with Crippen molar-refractivity contribution < 1.29 is 4.79 Å². The molecule has 0 radical (unpaired) electrons. The summed E-state index contributed by atoms with van der Waals surface area (Å²) in [6.07, 6.45) is 4.60. The SMILES string of the molecule is CN[C@H]1CC[C@H](NC(C)=O)CC1. The van der Waals surface area contributed by atoms with Crippen LogP contribution in [0.2, 0.25) is 0 Å². The van der Waals surface area contributed by atoms with Crippen LogP contribution in [0.5, 0.6) is 0 Å². The zero-order valence-electron chi connectivity index (χ0n) is 7.89. The van der Waals surface area contributed by atoms with Crippen molar-refractivity contribution in [2.75, 3.05) is 7.05 Å². The fourth-order valence-corrected chi connectivity index (χ4v) is 1.81. The molecule has 1 amide bonds. The molecule has 0 bridgehead atoms. The third kappa shape index (κ3) is 2.81. The summed E-state index contributed by atoms with van der Waals surface area (Å²) < 4.78 is 0. The molecule has 12 heavy (non-hydrogen) atoms. The highest BCUT2D eigenvalue weighted by atomic mass is 16.1. The van der Waals surface area contributed by atoms with E-state index in [4.69, 9.17) is 0 Å². The maximum atomic E-state index is 10.7. The van der Waals surface area contributed by atoms with Crippen LogP contribution < -0.4 is 10.6 Å². The molecule has 0 spiro atoms. The number of hydrogen-bond acceptors (Lipinski definition) is 2. The van der Waals surface area contributed by atoms with Gasteiger partial charge in [-0.2, -0.15) is 0 Å². The summed E-state index contributed by atoms with van der Waals surface area (Å²) in [4.78, 5) is 10.7. The summed E-state index contributed by atoms with van der Waals surface area (Å²) in [7, 11) is 2.00. The minimum atomic E-state index is 0.0999. The van der Waals surface area contributed by atoms with Gasteiger partial charge in [-0.1, -0.05) is 0 Å². The van der Waals surface area contributed by atoms with Crippen LogP contribution in [0, 0.1) is 0 Å². The molecule has 1 fully saturated rings. The van der Waals surface area contributed by atoms with Gasteiger partial charge in [-0.3, -0.25) is 4.79 Å². The highest BCUT2D eigenvalue weighted by Gasteiger charge is 2.19. The molecular weight excluding hydrogens is 152 g/mol. The Morgan fingerprint density at radius 2 is 1.67 bits per heavy atom. The maximum Gasteiger partial charge on any atom is 0.217 e. The van der Waals surface area contributed by atoms with Crippen LogP contribution in [0.3, 0.4) is 0 Å². The van der Waals surface area contributed by atoms with E-state index in [2.05, 4.69) is 10.6 Å². The van der Waals surface area contributed by atoms with E-state index in [1.54, 1.807) is 6.92 Å². The van der Waals surface area contributed by atoms with E-state index in [1.807, 2.05) is 7.05 Å². The molecular formula is C9H18N2O. The molecule has 1 aliphatic rings. The molecule has 0 aromatic rings. The first-order chi connectivity index (χ1) is 5.72. The third-order valence-electron chi connectivity index (χ3n) is 2.54. The van der Waals surface area contributed by atoms with Crippen molar-refractivity contribution in [3.8, 4) is 0 Å². The summed E-state index contributed by atoms with van der Waals surface area (Å²) in [6, 6.07) is 1.09. The van der Waals surface area contributed by atoms with Gasteiger partial charge in [-0.05, 0) is 32.7 Å². The van der Waals surface area contributed by atoms with Crippen molar-refractivity contribution in [2.45, 2.75) is 44.7 Å². The Morgan fingerprint density at radius 1 is 1.17 bits per heavy atom. The van der Waals surface area contributed by atoms with Crippen LogP contribution in [-0.4, -0.2) is 25.0 Å². The zero-order valence-corrected chi connectivity index (χ0v) is 7.89. The van der Waals surface area contributed by atoms with Crippen LogP contribution in [0.1, 0.15) is 32.6 Å². The van der Waals surface area contributed by atoms with E-state index in [9.17, 15) is 4.79 Å². The van der Waals surface area contributed by atoms with Gasteiger partial charge in [-0.15, -0.1) is 0 Å². The van der Waals surface area contributed by atoms with Crippen LogP contribution in [-0.2, 0) is 4.79 Å². The Bertz CT molecular complexity index is 151. The fraction of sp³-hybridized carbons (Fsp3) is 0.889. The second-order valence-electron chi connectivity index (χ2n) is 3.54. The van der Waals surface area contributed by atoms with Crippen molar-refractivity contribution >= 4 is 5.91 Å². The smallest absolute Gasteiger partial charge is 0.217 e. The van der Waals surface area contributed by atoms with Crippen LogP contribution in [0.25, 0.3) is 0 Å². The van der Waals surface area contributed by atoms with Gasteiger partial charge >= 0.3 is 0 Å². The highest BCUT2D eigenvalue weighted by Crippen LogP contribution is 2.17. The van der Waals surface area contributed by atoms with E-state index in [1.165, 1.54) is 12.8 Å². The van der Waals surface area contributed by atoms with Gasteiger partial charge in [0.1, 0.15) is 0 Å². The Balaban J connectivity index is 2.21. The minimum absolute atomic E-state index is 0.0999. The fourth-order valence-electron chi connectivity index (χ4n) is 1.81. The van der Waals surface area contributed by atoms with Crippen LogP contribution >= 0.6 is 0 Å². The van der Waals surface area contributed by atoms with E-state index < -0.39 is 0 Å². The number of amides is 1. The minimum Gasteiger partial charge on any atom is -0.354 e. The van der Waals surface area contributed by atoms with Gasteiger partial charge in [0, 0.05) is 19.0 Å². The molecule has 0 aromatic carbocycles. The molecule has 0 unspecified atom stereocenters. The lowest BCUT2D eigenvalue weighted by Gasteiger charge is -2.28. The summed E-state index contributed by atoms with van der Waals surface area (Å²) in [5, 5.41) is 6.22. The van der Waals surface area contributed by atoms with Gasteiger partial charge in [0.15, 0.2) is 0 Å². The summed E-state index contributed by atoms with van der Waals surface area (Å²) in [5.41, 5.74) is 0. The molecule has 70 valence electrons. The van der Waals surface area contributed by atoms with Crippen molar-refractivity contribution in [2.24, 2.45) is 0 Å². The van der Waals surface area contributed by atoms with Crippen molar-refractivity contribution in [3.63, 3.8) is 0 Å². The van der Waals surface area contributed by atoms with Crippen molar-refractivity contribution in [3.05, 3.63) is 0 Å². The lowest BCUT2D eigenvalue weighted by atomic mass is 9.91. The predicted octanol–water partition coefficient (Wildman–Crippen LogP) is 0.653. The lowest BCUT2D eigenvalue weighted by Crippen LogP contribution is -2.40. The number of rotatable bonds is 2. The second kappa shape index (κ2) is 4.45. The molecule has 3 nitrogen and oxygen atoms in total. The molecule has 2 N–H and O–H groups in total. The Hall–Kier alpha value is -0.570. The molecule has 0 saturated heterocycles. The monoisotopic (exact) mass is 170 g/mol. The quantitative estimate of drug-likeness (QED) is 0.639. The average molecular weight is 170 g/mol. The molecule has 3 heteroatoms. The zero-order chi connectivity index (χ0) is 8.97. The lowest BCUT2D eigenvalue weighted by molar-refractivity contribution is -0.119. The van der Waals surface area contributed by atoms with Gasteiger partial charge in [0.25, 0.3) is 0 Å². The number of hydrogen-bond donors (Lipinski definition) is 2. The Morgan fingerprint density at radius 3 is 2.08 bits per heavy atom. The molecule has 0 aromatic heterocycles. The summed E-state index contributed by atoms with van der Waals surface area (Å²) in [5.74, 6) is 0.0999. The van der Waals surface area contributed by atoms with E-state index in [-0.39, 0.29) is 5.91 Å². The molecule has 0 aliphatic heterocycles. The first-order valence-corrected chi connectivity index (χ1v) is 4.66. The summed E-state index contributed by atoms with van der Waals surface area (Å²) in [6.45, 7) is 1.59. The van der Waals surface area contributed by atoms with Crippen molar-refractivity contribution in [1.29, 1.82) is 0 Å². The van der Waals surface area contributed by atoms with Gasteiger partial charge in [0.2, 0.25) is 5.91 Å². The largest absolute Gasteiger partial charge is 0.354 e. The van der Waals surface area contributed by atoms with E-state index in [0.717, 1.165) is 12.8 Å². The highest BCUT2D eigenvalue weighted by molar-refractivity contribution is 5.73. The average Bonchev–Trinajstić information content (AvgIpc) is 2.05. The van der Waals surface area contributed by atoms with Gasteiger partial charge in [0.05, 0.1) is 0 Å². The standard InChI is InChI=1S/C9H18N2O/c1-7(12)11-9-5-3-8(10-2)4-6-9/h8-10H,3-6H2,1-2H3,(H,11,12)/t8-,9-. The number of carbonyl (C=O) groups excluding carboxylic acids is 1. The second-order valence-corrected chi connectivity index (χ2v) is 3.54. The maximum absolute atomic E-state index is 10.7. The molecule has 1 rings (SSSR count). The third-order valence-corrected chi connectivity index (χ3v) is 2.54. The first kappa shape index (κ1) is 9.52. The Labute approximate surface area is 73.9 Å². The Kier molecular flexibility index (Phi) is 3.53. The van der Waals surface area contributed by atoms with Gasteiger partial charge in [-0.25, -0.2) is 0 Å². The van der Waals surface area contributed by atoms with Crippen LogP contribution in [0.15, 0.2) is 0 Å². The van der Waals surface area contributed by atoms with Crippen molar-refractivity contribution in [1.82, 2.24) is 10.6 Å². The molecule has 0 heterocycles. The normalized spacial score (nSPS) is 29.8. The molecule has 1 aliphatic carbocycles. The predicted molar refractivity (Wildman–Crippen MR) is 48.9 cm³/mol. The molecule has 1 saturated carbocycles.